The van der Waals surface area contributed by atoms with Gasteiger partial charge in [-0.3, -0.25) is 9.59 Å². The molecule has 0 aliphatic heterocycles. The summed E-state index contributed by atoms with van der Waals surface area (Å²) in [6.45, 7) is 5.75. The highest BCUT2D eigenvalue weighted by Crippen LogP contribution is 2.26. The molecule has 6 heteroatoms. The molecule has 33 heavy (non-hydrogen) atoms. The predicted octanol–water partition coefficient (Wildman–Crippen LogP) is 5.78. The van der Waals surface area contributed by atoms with Gasteiger partial charge in [-0.25, -0.2) is 0 Å². The third kappa shape index (κ3) is 5.06. The molecule has 1 aromatic heterocycles. The van der Waals surface area contributed by atoms with Gasteiger partial charge >= 0.3 is 0 Å². The zero-order chi connectivity index (χ0) is 23.4. The molecule has 168 valence electrons. The van der Waals surface area contributed by atoms with Crippen molar-refractivity contribution in [2.24, 2.45) is 0 Å². The van der Waals surface area contributed by atoms with E-state index in [1.54, 1.807) is 18.2 Å². The third-order valence-corrected chi connectivity index (χ3v) is 5.32. The minimum atomic E-state index is -0.277. The van der Waals surface area contributed by atoms with E-state index in [4.69, 9.17) is 13.9 Å². The Kier molecular flexibility index (Phi) is 6.45. The Labute approximate surface area is 191 Å². The molecule has 6 nitrogen and oxygen atoms in total. The maximum absolute atomic E-state index is 12.9. The highest BCUT2D eigenvalue weighted by molar-refractivity contribution is 5.92. The molecule has 0 saturated carbocycles. The molecule has 1 N–H and O–H groups in total. The molecule has 0 aliphatic rings. The number of para-hydroxylation sites is 1. The normalized spacial score (nSPS) is 10.8. The number of hydrogen-bond acceptors (Lipinski definition) is 5. The monoisotopic (exact) mass is 443 g/mol. The number of carbonyl (C=O) groups excluding carboxylic acids is 1. The van der Waals surface area contributed by atoms with Crippen LogP contribution in [0.2, 0.25) is 0 Å². The van der Waals surface area contributed by atoms with E-state index in [2.05, 4.69) is 5.32 Å². The Bertz CT molecular complexity index is 1370. The van der Waals surface area contributed by atoms with Crippen LogP contribution in [0, 0.1) is 13.8 Å². The average Bonchev–Trinajstić information content (AvgIpc) is 2.82. The van der Waals surface area contributed by atoms with E-state index in [1.807, 2.05) is 63.2 Å². The van der Waals surface area contributed by atoms with Crippen molar-refractivity contribution in [2.45, 2.75) is 27.2 Å². The lowest BCUT2D eigenvalue weighted by molar-refractivity contribution is -0.118. The molecule has 0 spiro atoms. The molecular formula is C27H25NO5. The summed E-state index contributed by atoms with van der Waals surface area (Å²) in [5, 5.41) is 3.22. The maximum atomic E-state index is 12.9. The lowest BCUT2D eigenvalue weighted by Gasteiger charge is -2.11. The minimum absolute atomic E-state index is 0.116. The third-order valence-electron chi connectivity index (χ3n) is 5.32. The first-order chi connectivity index (χ1) is 15.9. The fourth-order valence-electron chi connectivity index (χ4n) is 3.47. The zero-order valence-electron chi connectivity index (χ0n) is 18.8. The largest absolute Gasteiger partial charge is 0.484 e. The number of fused-ring (bicyclic) bond motifs is 1. The molecule has 3 aromatic carbocycles. The van der Waals surface area contributed by atoms with Crippen LogP contribution in [0.3, 0.4) is 0 Å². The van der Waals surface area contributed by atoms with Crippen LogP contribution in [0.25, 0.3) is 11.0 Å². The topological polar surface area (TPSA) is 77.8 Å². The quantitative estimate of drug-likeness (QED) is 0.392. The molecule has 1 amide bonds. The van der Waals surface area contributed by atoms with Gasteiger partial charge in [0, 0.05) is 11.8 Å². The van der Waals surface area contributed by atoms with E-state index in [-0.39, 0.29) is 23.7 Å². The summed E-state index contributed by atoms with van der Waals surface area (Å²) in [6, 6.07) is 18.3. The fraction of sp³-hybridized carbons (Fsp3) is 0.185. The molecule has 0 saturated heterocycles. The number of ether oxygens (including phenoxy) is 2. The summed E-state index contributed by atoms with van der Waals surface area (Å²) < 4.78 is 17.1. The molecular weight excluding hydrogens is 418 g/mol. The summed E-state index contributed by atoms with van der Waals surface area (Å²) in [5.41, 5.74) is 3.86. The summed E-state index contributed by atoms with van der Waals surface area (Å²) >= 11 is 0. The van der Waals surface area contributed by atoms with Gasteiger partial charge in [0.25, 0.3) is 5.91 Å². The Morgan fingerprint density at radius 2 is 1.82 bits per heavy atom. The second-order valence-electron chi connectivity index (χ2n) is 7.81. The molecule has 0 bridgehead atoms. The molecule has 0 unspecified atom stereocenters. The van der Waals surface area contributed by atoms with Crippen LogP contribution in [0.5, 0.6) is 17.2 Å². The maximum Gasteiger partial charge on any atom is 0.262 e. The molecule has 1 heterocycles. The van der Waals surface area contributed by atoms with Gasteiger partial charge in [-0.1, -0.05) is 37.3 Å². The summed E-state index contributed by atoms with van der Waals surface area (Å²) in [7, 11) is 0. The molecule has 4 rings (SSSR count). The van der Waals surface area contributed by atoms with E-state index in [1.165, 1.54) is 6.26 Å². The van der Waals surface area contributed by atoms with Crippen LogP contribution in [-0.2, 0) is 11.2 Å². The van der Waals surface area contributed by atoms with Crippen molar-refractivity contribution >= 4 is 22.6 Å². The van der Waals surface area contributed by atoms with E-state index in [0.717, 1.165) is 28.8 Å². The average molecular weight is 443 g/mol. The summed E-state index contributed by atoms with van der Waals surface area (Å²) in [5.74, 6) is 0.891. The van der Waals surface area contributed by atoms with Crippen LogP contribution >= 0.6 is 0 Å². The Morgan fingerprint density at radius 1 is 1.00 bits per heavy atom. The van der Waals surface area contributed by atoms with Gasteiger partial charge in [0.15, 0.2) is 6.61 Å². The molecule has 0 radical (unpaired) electrons. The van der Waals surface area contributed by atoms with Crippen molar-refractivity contribution in [1.29, 1.82) is 0 Å². The zero-order valence-corrected chi connectivity index (χ0v) is 18.8. The lowest BCUT2D eigenvalue weighted by Crippen LogP contribution is -2.20. The van der Waals surface area contributed by atoms with Crippen molar-refractivity contribution in [1.82, 2.24) is 0 Å². The van der Waals surface area contributed by atoms with Gasteiger partial charge in [-0.15, -0.1) is 0 Å². The fourth-order valence-corrected chi connectivity index (χ4v) is 3.47. The molecule has 0 fully saturated rings. The highest BCUT2D eigenvalue weighted by Gasteiger charge is 2.13. The smallest absolute Gasteiger partial charge is 0.262 e. The number of carbonyl (C=O) groups is 1. The van der Waals surface area contributed by atoms with Crippen molar-refractivity contribution in [2.75, 3.05) is 11.9 Å². The SMILES string of the molecule is CCc1ccccc1Oc1coc2cc(OCC(=O)Nc3cc(C)ccc3C)ccc2c1=O. The first-order valence-electron chi connectivity index (χ1n) is 10.8. The van der Waals surface area contributed by atoms with Crippen molar-refractivity contribution in [3.05, 3.63) is 93.8 Å². The first-order valence-corrected chi connectivity index (χ1v) is 10.8. The van der Waals surface area contributed by atoms with E-state index >= 15 is 0 Å². The number of benzene rings is 3. The van der Waals surface area contributed by atoms with Crippen molar-refractivity contribution in [3.8, 4) is 17.2 Å². The second-order valence-corrected chi connectivity index (χ2v) is 7.81. The standard InChI is InChI=1S/C27H25NO5/c1-4-19-7-5-6-8-23(19)33-25-15-32-24-14-20(11-12-21(24)27(25)30)31-16-26(29)28-22-13-17(2)9-10-18(22)3/h5-15H,4,16H2,1-3H3,(H,28,29). The summed E-state index contributed by atoms with van der Waals surface area (Å²) in [4.78, 5) is 25.2. The molecule has 4 aromatic rings. The van der Waals surface area contributed by atoms with Gasteiger partial charge in [0.2, 0.25) is 11.2 Å². The van der Waals surface area contributed by atoms with Crippen LogP contribution in [0.1, 0.15) is 23.6 Å². The van der Waals surface area contributed by atoms with Gasteiger partial charge < -0.3 is 19.2 Å². The van der Waals surface area contributed by atoms with Crippen LogP contribution in [0.15, 0.2) is 76.1 Å². The van der Waals surface area contributed by atoms with Gasteiger partial charge in [0.05, 0.1) is 5.39 Å². The Hall–Kier alpha value is -4.06. The predicted molar refractivity (Wildman–Crippen MR) is 128 cm³/mol. The summed E-state index contributed by atoms with van der Waals surface area (Å²) in [6.07, 6.45) is 2.08. The minimum Gasteiger partial charge on any atom is -0.484 e. The highest BCUT2D eigenvalue weighted by atomic mass is 16.5. The number of nitrogens with one attached hydrogen (secondary N) is 1. The van der Waals surface area contributed by atoms with Crippen LogP contribution < -0.4 is 20.2 Å². The van der Waals surface area contributed by atoms with Crippen molar-refractivity contribution in [3.63, 3.8) is 0 Å². The number of amides is 1. The van der Waals surface area contributed by atoms with Crippen LogP contribution in [-0.4, -0.2) is 12.5 Å². The molecule has 0 aliphatic carbocycles. The van der Waals surface area contributed by atoms with Gasteiger partial charge in [-0.2, -0.15) is 0 Å². The molecule has 0 atom stereocenters. The van der Waals surface area contributed by atoms with Gasteiger partial charge in [-0.05, 0) is 61.2 Å². The number of rotatable bonds is 7. The first kappa shape index (κ1) is 22.1. The lowest BCUT2D eigenvalue weighted by atomic mass is 10.1. The van der Waals surface area contributed by atoms with E-state index < -0.39 is 0 Å². The van der Waals surface area contributed by atoms with Crippen molar-refractivity contribution < 1.29 is 18.7 Å². The number of aryl methyl sites for hydroxylation is 3. The van der Waals surface area contributed by atoms with Gasteiger partial charge in [0.1, 0.15) is 23.3 Å². The number of hydrogen-bond donors (Lipinski definition) is 1. The second kappa shape index (κ2) is 9.61. The Morgan fingerprint density at radius 3 is 2.64 bits per heavy atom. The van der Waals surface area contributed by atoms with E-state index in [9.17, 15) is 9.59 Å². The van der Waals surface area contributed by atoms with Crippen LogP contribution in [0.4, 0.5) is 5.69 Å². The number of anilines is 1. The van der Waals surface area contributed by atoms with E-state index in [0.29, 0.717) is 22.5 Å². The Balaban J connectivity index is 1.47.